The van der Waals surface area contributed by atoms with Crippen molar-refractivity contribution in [3.63, 3.8) is 0 Å². The molecule has 4 rings (SSSR count). The molecule has 2 saturated heterocycles. The summed E-state index contributed by atoms with van der Waals surface area (Å²) in [7, 11) is 0. The van der Waals surface area contributed by atoms with E-state index in [4.69, 9.17) is 4.74 Å². The molecule has 1 aromatic carbocycles. The summed E-state index contributed by atoms with van der Waals surface area (Å²) in [6, 6.07) is 10.3. The van der Waals surface area contributed by atoms with Crippen LogP contribution < -0.4 is 4.90 Å². The van der Waals surface area contributed by atoms with Gasteiger partial charge in [0, 0.05) is 31.5 Å². The van der Waals surface area contributed by atoms with Crippen LogP contribution in [0.5, 0.6) is 0 Å². The van der Waals surface area contributed by atoms with Gasteiger partial charge in [-0.15, -0.1) is 0 Å². The highest BCUT2D eigenvalue weighted by Gasteiger charge is 2.42. The number of carbonyl (C=O) groups excluding carboxylic acids is 1. The van der Waals surface area contributed by atoms with E-state index >= 15 is 0 Å². The van der Waals surface area contributed by atoms with Gasteiger partial charge in [0.1, 0.15) is 12.4 Å². The van der Waals surface area contributed by atoms with Crippen LogP contribution in [-0.2, 0) is 16.1 Å². The number of likely N-dealkylation sites (tertiary alicyclic amines) is 1. The van der Waals surface area contributed by atoms with Crippen LogP contribution in [-0.4, -0.2) is 47.6 Å². The Bertz CT molecular complexity index is 799. The Morgan fingerprint density at radius 1 is 1.15 bits per heavy atom. The molecule has 0 saturated carbocycles. The number of amides is 1. The van der Waals surface area contributed by atoms with Gasteiger partial charge in [0.25, 0.3) is 5.91 Å². The lowest BCUT2D eigenvalue weighted by atomic mass is 9.89. The summed E-state index contributed by atoms with van der Waals surface area (Å²) < 4.78 is 19.2. The van der Waals surface area contributed by atoms with E-state index < -0.39 is 0 Å². The lowest BCUT2D eigenvalue weighted by molar-refractivity contribution is -0.145. The molecule has 1 amide bonds. The minimum atomic E-state index is -0.320. The Kier molecular flexibility index (Phi) is 4.93. The number of piperidine rings is 1. The molecule has 2 fully saturated rings. The summed E-state index contributed by atoms with van der Waals surface area (Å²) in [6.07, 6.45) is 3.63. The van der Waals surface area contributed by atoms with Gasteiger partial charge in [0.05, 0.1) is 17.8 Å². The van der Waals surface area contributed by atoms with Gasteiger partial charge in [-0.3, -0.25) is 14.7 Å². The lowest BCUT2D eigenvalue weighted by Gasteiger charge is -2.47. The number of morpholine rings is 1. The molecule has 2 aliphatic heterocycles. The van der Waals surface area contributed by atoms with Gasteiger partial charge in [-0.1, -0.05) is 6.07 Å². The number of hydrogen-bond acceptors (Lipinski definition) is 4. The van der Waals surface area contributed by atoms with Crippen molar-refractivity contribution in [3.05, 3.63) is 59.7 Å². The molecule has 1 aromatic heterocycles. The van der Waals surface area contributed by atoms with E-state index in [1.165, 1.54) is 12.1 Å². The van der Waals surface area contributed by atoms with Gasteiger partial charge in [0.15, 0.2) is 0 Å². The highest BCUT2D eigenvalue weighted by atomic mass is 19.1. The molecule has 0 unspecified atom stereocenters. The van der Waals surface area contributed by atoms with Crippen molar-refractivity contribution in [2.45, 2.75) is 31.9 Å². The molecule has 0 aliphatic carbocycles. The van der Waals surface area contributed by atoms with Crippen LogP contribution in [0.15, 0.2) is 42.6 Å². The first kappa shape index (κ1) is 18.1. The van der Waals surface area contributed by atoms with Gasteiger partial charge in [0.2, 0.25) is 0 Å². The molecule has 0 N–H and O–H groups in total. The zero-order valence-electron chi connectivity index (χ0n) is 15.5. The number of aromatic nitrogens is 1. The Labute approximate surface area is 158 Å². The molecule has 2 aromatic rings. The van der Waals surface area contributed by atoms with Gasteiger partial charge < -0.3 is 9.64 Å². The first-order valence-corrected chi connectivity index (χ1v) is 9.37. The third-order valence-electron chi connectivity index (χ3n) is 5.51. The maximum Gasteiger partial charge on any atom is 0.253 e. The molecule has 6 heteroatoms. The highest BCUT2D eigenvalue weighted by Crippen LogP contribution is 2.33. The van der Waals surface area contributed by atoms with Crippen LogP contribution >= 0.6 is 0 Å². The molecule has 0 radical (unpaired) electrons. The van der Waals surface area contributed by atoms with Crippen LogP contribution in [0.3, 0.4) is 0 Å². The zero-order valence-corrected chi connectivity index (χ0v) is 15.5. The first-order chi connectivity index (χ1) is 13.0. The fraction of sp³-hybridized carbons (Fsp3) is 0.429. The summed E-state index contributed by atoms with van der Waals surface area (Å²) in [5.41, 5.74) is 2.65. The van der Waals surface area contributed by atoms with E-state index in [-0.39, 0.29) is 23.9 Å². The molecule has 0 bridgehead atoms. The number of aryl methyl sites for hydroxylation is 1. The average molecular weight is 369 g/mol. The molecule has 5 nitrogen and oxygen atoms in total. The average Bonchev–Trinajstić information content (AvgIpc) is 2.68. The minimum Gasteiger partial charge on any atom is -0.363 e. The summed E-state index contributed by atoms with van der Waals surface area (Å²) in [5.74, 6) is -0.370. The normalized spacial score (nSPS) is 20.2. The number of anilines is 1. The van der Waals surface area contributed by atoms with Gasteiger partial charge in [-0.2, -0.15) is 0 Å². The molecule has 3 heterocycles. The van der Waals surface area contributed by atoms with Crippen molar-refractivity contribution < 1.29 is 13.9 Å². The largest absolute Gasteiger partial charge is 0.363 e. The van der Waals surface area contributed by atoms with E-state index in [0.717, 1.165) is 49.4 Å². The second-order valence-corrected chi connectivity index (χ2v) is 7.53. The Morgan fingerprint density at radius 2 is 1.89 bits per heavy atom. The number of pyridine rings is 1. The SMILES string of the molecule is Cc1ccc(CN2CCC3(CC2)CN(c2ccc(F)cc2)C(=O)CO3)nc1. The number of carbonyl (C=O) groups is 1. The van der Waals surface area contributed by atoms with Crippen LogP contribution in [0.1, 0.15) is 24.1 Å². The van der Waals surface area contributed by atoms with Crippen LogP contribution in [0.2, 0.25) is 0 Å². The van der Waals surface area contributed by atoms with Crippen molar-refractivity contribution in [1.29, 1.82) is 0 Å². The van der Waals surface area contributed by atoms with Gasteiger partial charge in [-0.25, -0.2) is 4.39 Å². The highest BCUT2D eigenvalue weighted by molar-refractivity contribution is 5.95. The topological polar surface area (TPSA) is 45.7 Å². The standard InChI is InChI=1S/C21H24FN3O2/c1-16-2-5-18(23-12-16)13-24-10-8-21(9-11-24)15-25(20(26)14-27-21)19-6-3-17(22)4-7-19/h2-7,12H,8-11,13-15H2,1H3. The maximum atomic E-state index is 13.2. The smallest absolute Gasteiger partial charge is 0.253 e. The second-order valence-electron chi connectivity index (χ2n) is 7.53. The lowest BCUT2D eigenvalue weighted by Crippen LogP contribution is -2.58. The summed E-state index contributed by atoms with van der Waals surface area (Å²) in [5, 5.41) is 0. The molecule has 1 spiro atoms. The third-order valence-corrected chi connectivity index (χ3v) is 5.51. The molecule has 2 aliphatic rings. The predicted molar refractivity (Wildman–Crippen MR) is 101 cm³/mol. The van der Waals surface area contributed by atoms with Crippen molar-refractivity contribution in [3.8, 4) is 0 Å². The predicted octanol–water partition coefficient (Wildman–Crippen LogP) is 2.93. The quantitative estimate of drug-likeness (QED) is 0.835. The fourth-order valence-electron chi connectivity index (χ4n) is 3.81. The monoisotopic (exact) mass is 369 g/mol. The van der Waals surface area contributed by atoms with Crippen molar-refractivity contribution in [2.75, 3.05) is 31.1 Å². The molecule has 142 valence electrons. The number of rotatable bonds is 3. The molecular weight excluding hydrogens is 345 g/mol. The minimum absolute atomic E-state index is 0.0708. The summed E-state index contributed by atoms with van der Waals surface area (Å²) in [4.78, 5) is 20.9. The number of benzene rings is 1. The second kappa shape index (κ2) is 7.37. The van der Waals surface area contributed by atoms with Gasteiger partial charge >= 0.3 is 0 Å². The van der Waals surface area contributed by atoms with Crippen LogP contribution in [0, 0.1) is 12.7 Å². The first-order valence-electron chi connectivity index (χ1n) is 9.37. The van der Waals surface area contributed by atoms with E-state index in [2.05, 4.69) is 22.0 Å². The molecule has 27 heavy (non-hydrogen) atoms. The van der Waals surface area contributed by atoms with Gasteiger partial charge in [-0.05, 0) is 55.7 Å². The van der Waals surface area contributed by atoms with E-state index in [1.54, 1.807) is 17.0 Å². The zero-order chi connectivity index (χ0) is 18.9. The fourth-order valence-corrected chi connectivity index (χ4v) is 3.81. The van der Waals surface area contributed by atoms with E-state index in [1.807, 2.05) is 13.1 Å². The molecular formula is C21H24FN3O2. The molecule has 0 atom stereocenters. The number of ether oxygens (including phenoxy) is 1. The summed E-state index contributed by atoms with van der Waals surface area (Å²) in [6.45, 7) is 5.28. The number of nitrogens with zero attached hydrogens (tertiary/aromatic N) is 3. The van der Waals surface area contributed by atoms with E-state index in [9.17, 15) is 9.18 Å². The number of hydrogen-bond donors (Lipinski definition) is 0. The van der Waals surface area contributed by atoms with Crippen molar-refractivity contribution in [1.82, 2.24) is 9.88 Å². The third kappa shape index (κ3) is 4.01. The van der Waals surface area contributed by atoms with Crippen LogP contribution in [0.25, 0.3) is 0 Å². The van der Waals surface area contributed by atoms with E-state index in [0.29, 0.717) is 6.54 Å². The Balaban J connectivity index is 1.40. The maximum absolute atomic E-state index is 13.2. The summed E-state index contributed by atoms with van der Waals surface area (Å²) >= 11 is 0. The van der Waals surface area contributed by atoms with Crippen LogP contribution in [0.4, 0.5) is 10.1 Å². The van der Waals surface area contributed by atoms with Crippen molar-refractivity contribution >= 4 is 11.6 Å². The van der Waals surface area contributed by atoms with Crippen molar-refractivity contribution in [2.24, 2.45) is 0 Å². The Morgan fingerprint density at radius 3 is 2.56 bits per heavy atom. The Hall–Kier alpha value is -2.31. The number of halogens is 1.